The van der Waals surface area contributed by atoms with Gasteiger partial charge in [-0.15, -0.1) is 0 Å². The zero-order valence-electron chi connectivity index (χ0n) is 16.6. The summed E-state index contributed by atoms with van der Waals surface area (Å²) in [6, 6.07) is 13.7. The Morgan fingerprint density at radius 3 is 2.18 bits per heavy atom. The van der Waals surface area contributed by atoms with E-state index in [1.165, 1.54) is 12.1 Å². The fourth-order valence-corrected chi connectivity index (χ4v) is 3.00. The summed E-state index contributed by atoms with van der Waals surface area (Å²) >= 11 is 0. The fraction of sp³-hybridized carbons (Fsp3) is 0.364. The second-order valence-electron chi connectivity index (χ2n) is 7.44. The third-order valence-electron chi connectivity index (χ3n) is 4.49. The molecule has 3 N–H and O–H groups in total. The summed E-state index contributed by atoms with van der Waals surface area (Å²) in [6.45, 7) is 5.25. The predicted octanol–water partition coefficient (Wildman–Crippen LogP) is 3.16. The number of carbonyl (C=O) groups excluding carboxylic acids is 1. The maximum Gasteiger partial charge on any atom is 0.308 e. The molecule has 2 aromatic rings. The van der Waals surface area contributed by atoms with Crippen LogP contribution < -0.4 is 10.2 Å². The van der Waals surface area contributed by atoms with Gasteiger partial charge in [0.25, 0.3) is 5.91 Å². The molecule has 0 saturated carbocycles. The van der Waals surface area contributed by atoms with Crippen LogP contribution in [-0.2, 0) is 11.2 Å². The van der Waals surface area contributed by atoms with E-state index in [0.29, 0.717) is 11.5 Å². The van der Waals surface area contributed by atoms with Crippen LogP contribution >= 0.6 is 0 Å². The van der Waals surface area contributed by atoms with Crippen LogP contribution in [-0.4, -0.2) is 42.2 Å². The van der Waals surface area contributed by atoms with Crippen molar-refractivity contribution < 1.29 is 19.8 Å². The van der Waals surface area contributed by atoms with E-state index in [1.807, 2.05) is 19.2 Å². The summed E-state index contributed by atoms with van der Waals surface area (Å²) in [4.78, 5) is 26.0. The molecule has 150 valence electrons. The summed E-state index contributed by atoms with van der Waals surface area (Å²) < 4.78 is 0. The molecule has 0 radical (unpaired) electrons. The second-order valence-corrected chi connectivity index (χ2v) is 7.44. The number of rotatable bonds is 9. The van der Waals surface area contributed by atoms with Crippen LogP contribution in [0.3, 0.4) is 0 Å². The van der Waals surface area contributed by atoms with Gasteiger partial charge < -0.3 is 20.4 Å². The SMILES string of the molecule is CC(C)CN(C)c1ccc(C(=O)NCC(Cc2ccc(O)cc2)C(=O)O)cc1. The van der Waals surface area contributed by atoms with E-state index < -0.39 is 11.9 Å². The van der Waals surface area contributed by atoms with Gasteiger partial charge in [-0.2, -0.15) is 0 Å². The van der Waals surface area contributed by atoms with Gasteiger partial charge in [0.15, 0.2) is 0 Å². The number of carbonyl (C=O) groups is 2. The minimum absolute atomic E-state index is 0.0318. The number of carboxylic acids is 1. The van der Waals surface area contributed by atoms with Gasteiger partial charge in [-0.3, -0.25) is 9.59 Å². The van der Waals surface area contributed by atoms with Crippen LogP contribution in [0.4, 0.5) is 5.69 Å². The second kappa shape index (κ2) is 9.78. The third kappa shape index (κ3) is 6.30. The first-order valence-corrected chi connectivity index (χ1v) is 9.36. The lowest BCUT2D eigenvalue weighted by molar-refractivity contribution is -0.141. The predicted molar refractivity (Wildman–Crippen MR) is 110 cm³/mol. The van der Waals surface area contributed by atoms with Crippen LogP contribution in [0, 0.1) is 11.8 Å². The number of phenolic OH excluding ortho intramolecular Hbond substituents is 1. The van der Waals surface area contributed by atoms with E-state index >= 15 is 0 Å². The molecular formula is C22H28N2O4. The number of benzene rings is 2. The Morgan fingerprint density at radius 2 is 1.64 bits per heavy atom. The van der Waals surface area contributed by atoms with Gasteiger partial charge in [-0.1, -0.05) is 26.0 Å². The van der Waals surface area contributed by atoms with Crippen LogP contribution in [0.2, 0.25) is 0 Å². The smallest absolute Gasteiger partial charge is 0.308 e. The van der Waals surface area contributed by atoms with Gasteiger partial charge in [0.05, 0.1) is 5.92 Å². The fourth-order valence-electron chi connectivity index (χ4n) is 3.00. The van der Waals surface area contributed by atoms with Crippen molar-refractivity contribution in [1.29, 1.82) is 0 Å². The van der Waals surface area contributed by atoms with Crippen LogP contribution in [0.25, 0.3) is 0 Å². The minimum atomic E-state index is -0.973. The number of nitrogens with zero attached hydrogens (tertiary/aromatic N) is 1. The molecule has 1 atom stereocenters. The number of carboxylic acid groups (broad SMARTS) is 1. The van der Waals surface area contributed by atoms with E-state index in [0.717, 1.165) is 17.8 Å². The Balaban J connectivity index is 1.95. The highest BCUT2D eigenvalue weighted by molar-refractivity contribution is 5.94. The van der Waals surface area contributed by atoms with Crippen molar-refractivity contribution in [3.05, 3.63) is 59.7 Å². The lowest BCUT2D eigenvalue weighted by Gasteiger charge is -2.21. The van der Waals surface area contributed by atoms with Crippen molar-refractivity contribution in [3.63, 3.8) is 0 Å². The molecule has 0 aromatic heterocycles. The molecule has 0 saturated heterocycles. The normalized spacial score (nSPS) is 11.9. The molecule has 0 bridgehead atoms. The monoisotopic (exact) mass is 384 g/mol. The van der Waals surface area contributed by atoms with E-state index in [2.05, 4.69) is 24.1 Å². The van der Waals surface area contributed by atoms with Crippen molar-refractivity contribution in [2.24, 2.45) is 11.8 Å². The Hall–Kier alpha value is -3.02. The lowest BCUT2D eigenvalue weighted by atomic mass is 9.99. The first-order chi connectivity index (χ1) is 13.3. The van der Waals surface area contributed by atoms with Crippen molar-refractivity contribution in [2.75, 3.05) is 25.0 Å². The highest BCUT2D eigenvalue weighted by Gasteiger charge is 2.19. The summed E-state index contributed by atoms with van der Waals surface area (Å²) in [5, 5.41) is 21.5. The molecule has 0 heterocycles. The number of aromatic hydroxyl groups is 1. The molecule has 2 aromatic carbocycles. The van der Waals surface area contributed by atoms with E-state index in [-0.39, 0.29) is 24.6 Å². The number of aliphatic carboxylic acids is 1. The van der Waals surface area contributed by atoms with Crippen molar-refractivity contribution >= 4 is 17.6 Å². The van der Waals surface area contributed by atoms with Crippen LogP contribution in [0.1, 0.15) is 29.8 Å². The van der Waals surface area contributed by atoms with Crippen molar-refractivity contribution in [2.45, 2.75) is 20.3 Å². The molecule has 0 aliphatic heterocycles. The highest BCUT2D eigenvalue weighted by atomic mass is 16.4. The topological polar surface area (TPSA) is 89.9 Å². The summed E-state index contributed by atoms with van der Waals surface area (Å²) in [6.07, 6.45) is 0.273. The Labute approximate surface area is 165 Å². The number of hydrogen-bond donors (Lipinski definition) is 3. The maximum absolute atomic E-state index is 12.4. The first kappa shape index (κ1) is 21.3. The highest BCUT2D eigenvalue weighted by Crippen LogP contribution is 2.16. The number of amides is 1. The third-order valence-corrected chi connectivity index (χ3v) is 4.49. The Morgan fingerprint density at radius 1 is 1.04 bits per heavy atom. The summed E-state index contributed by atoms with van der Waals surface area (Å²) in [5.74, 6) is -1.35. The first-order valence-electron chi connectivity index (χ1n) is 9.36. The molecule has 6 nitrogen and oxygen atoms in total. The largest absolute Gasteiger partial charge is 0.508 e. The lowest BCUT2D eigenvalue weighted by Crippen LogP contribution is -2.34. The molecule has 0 spiro atoms. The molecule has 0 fully saturated rings. The number of nitrogens with one attached hydrogen (secondary N) is 1. The van der Waals surface area contributed by atoms with E-state index in [4.69, 9.17) is 0 Å². The van der Waals surface area contributed by atoms with Gasteiger partial charge >= 0.3 is 5.97 Å². The van der Waals surface area contributed by atoms with E-state index in [1.54, 1.807) is 24.3 Å². The van der Waals surface area contributed by atoms with Gasteiger partial charge in [0.1, 0.15) is 5.75 Å². The van der Waals surface area contributed by atoms with Gasteiger partial charge in [0, 0.05) is 31.4 Å². The van der Waals surface area contributed by atoms with Gasteiger partial charge in [-0.05, 0) is 54.3 Å². The summed E-state index contributed by atoms with van der Waals surface area (Å²) in [7, 11) is 2.01. The quantitative estimate of drug-likeness (QED) is 0.618. The number of phenols is 1. The average molecular weight is 384 g/mol. The standard InChI is InChI=1S/C22H28N2O4/c1-15(2)14-24(3)19-8-6-17(7-9-19)21(26)23-13-18(22(27)28)12-16-4-10-20(25)11-5-16/h4-11,15,18,25H,12-14H2,1-3H3,(H,23,26)(H,27,28). The molecule has 6 heteroatoms. The minimum Gasteiger partial charge on any atom is -0.508 e. The number of hydrogen-bond acceptors (Lipinski definition) is 4. The zero-order valence-corrected chi connectivity index (χ0v) is 16.6. The maximum atomic E-state index is 12.4. The number of anilines is 1. The molecular weight excluding hydrogens is 356 g/mol. The zero-order chi connectivity index (χ0) is 20.7. The Bertz CT molecular complexity index is 785. The molecule has 0 aliphatic rings. The van der Waals surface area contributed by atoms with Gasteiger partial charge in [-0.25, -0.2) is 0 Å². The summed E-state index contributed by atoms with van der Waals surface area (Å²) in [5.41, 5.74) is 2.31. The molecule has 0 aliphatic carbocycles. The van der Waals surface area contributed by atoms with Crippen molar-refractivity contribution in [3.8, 4) is 5.75 Å². The van der Waals surface area contributed by atoms with Gasteiger partial charge in [0.2, 0.25) is 0 Å². The van der Waals surface area contributed by atoms with Crippen LogP contribution in [0.5, 0.6) is 5.75 Å². The molecule has 1 unspecified atom stereocenters. The van der Waals surface area contributed by atoms with E-state index in [9.17, 15) is 19.8 Å². The molecule has 1 amide bonds. The average Bonchev–Trinajstić information content (AvgIpc) is 2.65. The Kier molecular flexibility index (Phi) is 7.44. The van der Waals surface area contributed by atoms with Crippen LogP contribution in [0.15, 0.2) is 48.5 Å². The molecule has 2 rings (SSSR count). The van der Waals surface area contributed by atoms with Crippen molar-refractivity contribution in [1.82, 2.24) is 5.32 Å². The molecule has 28 heavy (non-hydrogen) atoms.